The lowest BCUT2D eigenvalue weighted by Gasteiger charge is -2.23. The highest BCUT2D eigenvalue weighted by molar-refractivity contribution is 7.92. The number of hydrogen-bond donors (Lipinski definition) is 2. The molecule has 9 heteroatoms. The van der Waals surface area contributed by atoms with Gasteiger partial charge in [-0.3, -0.25) is 9.52 Å². The SMILES string of the molecule is CCc1csc([C@H](Cc2ccc(NS(C)(=O)=O)cc2)NC(=O)C(Cc2ccccc2)c2ccccc2F)n1. The van der Waals surface area contributed by atoms with Crippen LogP contribution in [0.1, 0.15) is 46.3 Å². The summed E-state index contributed by atoms with van der Waals surface area (Å²) in [6.07, 6.45) is 2.66. The number of aromatic nitrogens is 1. The zero-order chi connectivity index (χ0) is 27.1. The molecule has 1 aromatic heterocycles. The third-order valence-corrected chi connectivity index (χ3v) is 7.74. The zero-order valence-corrected chi connectivity index (χ0v) is 22.9. The van der Waals surface area contributed by atoms with Gasteiger partial charge >= 0.3 is 0 Å². The molecular weight excluding hydrogens is 521 g/mol. The molecule has 4 aromatic rings. The van der Waals surface area contributed by atoms with Crippen LogP contribution in [0.3, 0.4) is 0 Å². The summed E-state index contributed by atoms with van der Waals surface area (Å²) in [6.45, 7) is 2.02. The molecule has 4 rings (SSSR count). The van der Waals surface area contributed by atoms with Crippen molar-refractivity contribution in [2.24, 2.45) is 0 Å². The van der Waals surface area contributed by atoms with Crippen LogP contribution in [-0.4, -0.2) is 25.6 Å². The number of rotatable bonds is 11. The van der Waals surface area contributed by atoms with E-state index in [-0.39, 0.29) is 5.91 Å². The quantitative estimate of drug-likeness (QED) is 0.252. The number of hydrogen-bond acceptors (Lipinski definition) is 5. The maximum absolute atomic E-state index is 14.9. The molecule has 0 fully saturated rings. The van der Waals surface area contributed by atoms with Gasteiger partial charge in [0, 0.05) is 16.6 Å². The molecule has 0 spiro atoms. The van der Waals surface area contributed by atoms with E-state index in [1.165, 1.54) is 17.4 Å². The van der Waals surface area contributed by atoms with Gasteiger partial charge in [-0.15, -0.1) is 11.3 Å². The predicted octanol–water partition coefficient (Wildman–Crippen LogP) is 5.64. The molecule has 38 heavy (non-hydrogen) atoms. The number of nitrogens with zero attached hydrogens (tertiary/aromatic N) is 1. The zero-order valence-electron chi connectivity index (χ0n) is 21.2. The molecule has 2 atom stereocenters. The summed E-state index contributed by atoms with van der Waals surface area (Å²) >= 11 is 1.48. The number of nitrogens with one attached hydrogen (secondary N) is 2. The highest BCUT2D eigenvalue weighted by Crippen LogP contribution is 2.28. The van der Waals surface area contributed by atoms with Crippen LogP contribution in [0, 0.1) is 5.82 Å². The fraction of sp³-hybridized carbons (Fsp3) is 0.241. The van der Waals surface area contributed by atoms with Crippen molar-refractivity contribution in [1.29, 1.82) is 0 Å². The van der Waals surface area contributed by atoms with Crippen LogP contribution >= 0.6 is 11.3 Å². The molecule has 1 unspecified atom stereocenters. The summed E-state index contributed by atoms with van der Waals surface area (Å²) in [5, 5.41) is 5.89. The van der Waals surface area contributed by atoms with Gasteiger partial charge in [0.15, 0.2) is 0 Å². The molecular formula is C29H30FN3O3S2. The number of thiazole rings is 1. The van der Waals surface area contributed by atoms with Gasteiger partial charge in [-0.1, -0.05) is 67.6 Å². The van der Waals surface area contributed by atoms with Crippen LogP contribution in [0.5, 0.6) is 0 Å². The van der Waals surface area contributed by atoms with Crippen molar-refractivity contribution in [3.8, 4) is 0 Å². The van der Waals surface area contributed by atoms with Crippen molar-refractivity contribution < 1.29 is 17.6 Å². The van der Waals surface area contributed by atoms with E-state index in [0.29, 0.717) is 24.1 Å². The third-order valence-electron chi connectivity index (χ3n) is 6.12. The summed E-state index contributed by atoms with van der Waals surface area (Å²) in [5.74, 6) is -1.43. The number of sulfonamides is 1. The Morgan fingerprint density at radius 3 is 2.24 bits per heavy atom. The second-order valence-corrected chi connectivity index (χ2v) is 11.8. The Morgan fingerprint density at radius 2 is 1.61 bits per heavy atom. The van der Waals surface area contributed by atoms with Gasteiger partial charge in [0.25, 0.3) is 0 Å². The first-order valence-corrected chi connectivity index (χ1v) is 15.1. The van der Waals surface area contributed by atoms with E-state index in [1.807, 2.05) is 54.8 Å². The van der Waals surface area contributed by atoms with E-state index >= 15 is 0 Å². The molecule has 0 radical (unpaired) electrons. The summed E-state index contributed by atoms with van der Waals surface area (Å²) < 4.78 is 40.4. The highest BCUT2D eigenvalue weighted by atomic mass is 32.2. The first-order valence-electron chi connectivity index (χ1n) is 12.3. The molecule has 0 bridgehead atoms. The Balaban J connectivity index is 1.62. The molecule has 6 nitrogen and oxygen atoms in total. The molecule has 198 valence electrons. The lowest BCUT2D eigenvalue weighted by atomic mass is 9.90. The van der Waals surface area contributed by atoms with Gasteiger partial charge in [-0.25, -0.2) is 17.8 Å². The van der Waals surface area contributed by atoms with E-state index in [0.717, 1.165) is 34.5 Å². The topological polar surface area (TPSA) is 88.2 Å². The van der Waals surface area contributed by atoms with Crippen LogP contribution in [0.25, 0.3) is 0 Å². The fourth-order valence-corrected chi connectivity index (χ4v) is 5.74. The molecule has 3 aromatic carbocycles. The second-order valence-electron chi connectivity index (χ2n) is 9.13. The Labute approximate surface area is 227 Å². The summed E-state index contributed by atoms with van der Waals surface area (Å²) in [6, 6.07) is 22.5. The number of anilines is 1. The lowest BCUT2D eigenvalue weighted by Crippen LogP contribution is -2.35. The van der Waals surface area contributed by atoms with Crippen molar-refractivity contribution in [2.45, 2.75) is 38.1 Å². The monoisotopic (exact) mass is 551 g/mol. The van der Waals surface area contributed by atoms with Gasteiger partial charge in [0.2, 0.25) is 15.9 Å². The van der Waals surface area contributed by atoms with Gasteiger partial charge in [-0.2, -0.15) is 0 Å². The van der Waals surface area contributed by atoms with Crippen LogP contribution in [0.15, 0.2) is 84.2 Å². The molecule has 0 aliphatic rings. The number of carbonyl (C=O) groups is 1. The third kappa shape index (κ3) is 7.49. The first-order chi connectivity index (χ1) is 18.2. The maximum Gasteiger partial charge on any atom is 0.229 e. The molecule has 0 saturated heterocycles. The number of carbonyl (C=O) groups excluding carboxylic acids is 1. The number of halogens is 1. The standard InChI is InChI=1S/C29H30FN3O3S2/c1-3-22-19-37-29(31-22)27(18-21-13-15-23(16-14-21)33-38(2,35)36)32-28(34)25(17-20-9-5-4-6-10-20)24-11-7-8-12-26(24)30/h4-16,19,25,27,33H,3,17-18H2,1-2H3,(H,32,34)/t25?,27-/m0/s1. The Morgan fingerprint density at radius 1 is 0.947 bits per heavy atom. The normalized spacial score (nSPS) is 13.0. The van der Waals surface area contributed by atoms with Crippen molar-refractivity contribution in [3.63, 3.8) is 0 Å². The minimum absolute atomic E-state index is 0.285. The van der Waals surface area contributed by atoms with Crippen LogP contribution in [0.2, 0.25) is 0 Å². The van der Waals surface area contributed by atoms with Crippen molar-refractivity contribution in [2.75, 3.05) is 11.0 Å². The maximum atomic E-state index is 14.9. The van der Waals surface area contributed by atoms with Crippen molar-refractivity contribution >= 4 is 33.0 Å². The Bertz CT molecular complexity index is 1470. The number of amides is 1. The summed E-state index contributed by atoms with van der Waals surface area (Å²) in [4.78, 5) is 18.5. The molecule has 0 aliphatic carbocycles. The smallest absolute Gasteiger partial charge is 0.229 e. The van der Waals surface area contributed by atoms with E-state index < -0.39 is 27.8 Å². The Kier molecular flexibility index (Phi) is 8.91. The van der Waals surface area contributed by atoms with Gasteiger partial charge < -0.3 is 5.32 Å². The fourth-order valence-electron chi connectivity index (χ4n) is 4.23. The second kappa shape index (κ2) is 12.3. The molecule has 0 saturated carbocycles. The predicted molar refractivity (Wildman–Crippen MR) is 150 cm³/mol. The van der Waals surface area contributed by atoms with Gasteiger partial charge in [0.05, 0.1) is 23.9 Å². The minimum atomic E-state index is -3.38. The van der Waals surface area contributed by atoms with Crippen LogP contribution in [0.4, 0.5) is 10.1 Å². The highest BCUT2D eigenvalue weighted by Gasteiger charge is 2.28. The van der Waals surface area contributed by atoms with Crippen LogP contribution < -0.4 is 10.0 Å². The minimum Gasteiger partial charge on any atom is -0.346 e. The first kappa shape index (κ1) is 27.5. The lowest BCUT2D eigenvalue weighted by molar-refractivity contribution is -0.123. The van der Waals surface area contributed by atoms with Gasteiger partial charge in [-0.05, 0) is 48.6 Å². The van der Waals surface area contributed by atoms with E-state index in [1.54, 1.807) is 30.3 Å². The Hall–Kier alpha value is -3.56. The number of aryl methyl sites for hydroxylation is 1. The molecule has 1 heterocycles. The molecule has 2 N–H and O–H groups in total. The molecule has 1 amide bonds. The largest absolute Gasteiger partial charge is 0.346 e. The molecule has 0 aliphatic heterocycles. The van der Waals surface area contributed by atoms with E-state index in [9.17, 15) is 17.6 Å². The number of benzene rings is 3. The van der Waals surface area contributed by atoms with Crippen molar-refractivity contribution in [1.82, 2.24) is 10.3 Å². The van der Waals surface area contributed by atoms with Crippen molar-refractivity contribution in [3.05, 3.63) is 117 Å². The summed E-state index contributed by atoms with van der Waals surface area (Å²) in [5.41, 5.74) is 3.57. The summed E-state index contributed by atoms with van der Waals surface area (Å²) in [7, 11) is -3.38. The van der Waals surface area contributed by atoms with E-state index in [2.05, 4.69) is 10.0 Å². The van der Waals surface area contributed by atoms with Gasteiger partial charge in [0.1, 0.15) is 10.8 Å². The average Bonchev–Trinajstić information content (AvgIpc) is 3.38. The van der Waals surface area contributed by atoms with Crippen LogP contribution in [-0.2, 0) is 34.1 Å². The van der Waals surface area contributed by atoms with E-state index in [4.69, 9.17) is 4.98 Å². The average molecular weight is 552 g/mol.